The van der Waals surface area contributed by atoms with Crippen molar-refractivity contribution in [1.82, 2.24) is 9.78 Å². The zero-order valence-electron chi connectivity index (χ0n) is 11.5. The minimum Gasteiger partial charge on any atom is -0.365 e. The first-order chi connectivity index (χ1) is 10.5. The number of nitrogens with zero attached hydrogens (tertiary/aromatic N) is 3. The van der Waals surface area contributed by atoms with Crippen LogP contribution in [-0.4, -0.2) is 22.4 Å². The molecule has 0 aliphatic carbocycles. The molecule has 2 heterocycles. The Hall–Kier alpha value is -1.97. The Morgan fingerprint density at radius 2 is 2.18 bits per heavy atom. The maximum Gasteiger partial charge on any atom is 0.275 e. The van der Waals surface area contributed by atoms with Crippen molar-refractivity contribution >= 4 is 35.8 Å². The van der Waals surface area contributed by atoms with Crippen molar-refractivity contribution in [2.24, 2.45) is 5.73 Å². The van der Waals surface area contributed by atoms with Crippen LogP contribution in [-0.2, 0) is 12.9 Å². The third-order valence-electron chi connectivity index (χ3n) is 3.81. The van der Waals surface area contributed by atoms with E-state index in [9.17, 15) is 4.79 Å². The molecular formula is C14H11BCl2N4O. The van der Waals surface area contributed by atoms with E-state index in [0.717, 1.165) is 0 Å². The number of primary amides is 1. The van der Waals surface area contributed by atoms with Crippen LogP contribution in [0.25, 0.3) is 11.3 Å². The second kappa shape index (κ2) is 5.67. The fourth-order valence-electron chi connectivity index (χ4n) is 2.72. The van der Waals surface area contributed by atoms with E-state index < -0.39 is 5.91 Å². The van der Waals surface area contributed by atoms with Crippen molar-refractivity contribution < 1.29 is 4.79 Å². The highest BCUT2D eigenvalue weighted by Gasteiger charge is 2.30. The number of nitrogens with two attached hydrogens (primary N) is 1. The molecule has 0 spiro atoms. The van der Waals surface area contributed by atoms with Crippen LogP contribution in [0.2, 0.25) is 16.4 Å². The number of rotatable bonds is 2. The molecule has 1 aliphatic heterocycles. The summed E-state index contributed by atoms with van der Waals surface area (Å²) < 4.78 is 1.76. The number of nitriles is 1. The van der Waals surface area contributed by atoms with Gasteiger partial charge in [0, 0.05) is 23.8 Å². The summed E-state index contributed by atoms with van der Waals surface area (Å²) in [5.74, 6) is 1.69. The molecule has 110 valence electrons. The maximum absolute atomic E-state index is 11.9. The number of carbonyl (C=O) groups excluding carboxylic acids is 1. The molecule has 0 atom stereocenters. The van der Waals surface area contributed by atoms with Gasteiger partial charge in [0.25, 0.3) is 12.6 Å². The summed E-state index contributed by atoms with van der Waals surface area (Å²) in [5.41, 5.74) is 7.78. The largest absolute Gasteiger partial charge is 0.365 e. The SMILES string of the molecule is N#CB1CCn2nc(-c3ccc(Cl)c(Cl)c3)c(C(N)=O)c2C1. The first-order valence-corrected chi connectivity index (χ1v) is 7.51. The Balaban J connectivity index is 2.16. The summed E-state index contributed by atoms with van der Waals surface area (Å²) in [4.78, 5) is 11.9. The number of amides is 1. The van der Waals surface area contributed by atoms with E-state index >= 15 is 0 Å². The third-order valence-corrected chi connectivity index (χ3v) is 4.55. The number of aryl methyl sites for hydroxylation is 1. The van der Waals surface area contributed by atoms with Crippen molar-refractivity contribution in [2.75, 3.05) is 0 Å². The summed E-state index contributed by atoms with van der Waals surface area (Å²) in [6, 6.07) is 5.06. The van der Waals surface area contributed by atoms with Gasteiger partial charge in [0.15, 0.2) is 0 Å². The molecule has 1 aliphatic rings. The van der Waals surface area contributed by atoms with Crippen molar-refractivity contribution in [3.05, 3.63) is 39.5 Å². The van der Waals surface area contributed by atoms with E-state index in [0.29, 0.717) is 51.7 Å². The molecule has 1 aromatic carbocycles. The fraction of sp³-hybridized carbons (Fsp3) is 0.214. The summed E-state index contributed by atoms with van der Waals surface area (Å²) in [5, 5.41) is 14.4. The molecule has 0 saturated heterocycles. The summed E-state index contributed by atoms with van der Waals surface area (Å²) >= 11 is 12.0. The summed E-state index contributed by atoms with van der Waals surface area (Å²) in [6.45, 7) is 0.471. The van der Waals surface area contributed by atoms with Gasteiger partial charge >= 0.3 is 0 Å². The van der Waals surface area contributed by atoms with Crippen LogP contribution in [0.4, 0.5) is 0 Å². The molecule has 8 heteroatoms. The van der Waals surface area contributed by atoms with E-state index in [2.05, 4.69) is 11.1 Å². The standard InChI is InChI=1S/C14H11BCl2N4O/c16-9-2-1-8(5-10(9)17)13-12(14(19)22)11-6-15(7-18)3-4-21(11)20-13/h1-2,5H,3-4,6H2,(H2,19,22). The van der Waals surface area contributed by atoms with Crippen LogP contribution in [0, 0.1) is 11.2 Å². The molecular weight excluding hydrogens is 322 g/mol. The average molecular weight is 333 g/mol. The summed E-state index contributed by atoms with van der Waals surface area (Å²) in [6.07, 6.45) is 1.19. The van der Waals surface area contributed by atoms with Gasteiger partial charge in [-0.15, -0.1) is 0 Å². The first-order valence-electron chi connectivity index (χ1n) is 6.75. The van der Waals surface area contributed by atoms with Crippen molar-refractivity contribution in [2.45, 2.75) is 19.2 Å². The maximum atomic E-state index is 11.9. The lowest BCUT2D eigenvalue weighted by atomic mass is 9.45. The third kappa shape index (κ3) is 2.47. The van der Waals surface area contributed by atoms with Crippen LogP contribution in [0.1, 0.15) is 16.1 Å². The van der Waals surface area contributed by atoms with Crippen molar-refractivity contribution in [3.8, 4) is 17.2 Å². The molecule has 22 heavy (non-hydrogen) atoms. The zero-order valence-corrected chi connectivity index (χ0v) is 13.0. The quantitative estimate of drug-likeness (QED) is 0.858. The molecule has 1 aromatic heterocycles. The highest BCUT2D eigenvalue weighted by atomic mass is 35.5. The monoisotopic (exact) mass is 332 g/mol. The predicted octanol–water partition coefficient (Wildman–Crippen LogP) is 2.61. The van der Waals surface area contributed by atoms with Crippen LogP contribution < -0.4 is 5.73 Å². The zero-order chi connectivity index (χ0) is 15.9. The normalized spacial score (nSPS) is 13.6. The van der Waals surface area contributed by atoms with E-state index in [4.69, 9.17) is 34.2 Å². The second-order valence-electron chi connectivity index (χ2n) is 5.21. The highest BCUT2D eigenvalue weighted by Crippen LogP contribution is 2.32. The van der Waals surface area contributed by atoms with Gasteiger partial charge in [-0.1, -0.05) is 29.3 Å². The van der Waals surface area contributed by atoms with Gasteiger partial charge in [0.1, 0.15) is 5.69 Å². The van der Waals surface area contributed by atoms with Gasteiger partial charge in [0.2, 0.25) is 0 Å². The minimum atomic E-state index is -0.555. The van der Waals surface area contributed by atoms with E-state index in [1.165, 1.54) is 0 Å². The Labute approximate surface area is 137 Å². The second-order valence-corrected chi connectivity index (χ2v) is 6.02. The average Bonchev–Trinajstić information content (AvgIpc) is 2.88. The molecule has 0 radical (unpaired) electrons. The highest BCUT2D eigenvalue weighted by molar-refractivity contribution is 6.66. The lowest BCUT2D eigenvalue weighted by molar-refractivity contribution is 0.1000. The van der Waals surface area contributed by atoms with Gasteiger partial charge in [-0.2, -0.15) is 5.10 Å². The van der Waals surface area contributed by atoms with Crippen LogP contribution in [0.15, 0.2) is 18.2 Å². The van der Waals surface area contributed by atoms with Crippen LogP contribution in [0.3, 0.4) is 0 Å². The van der Waals surface area contributed by atoms with Gasteiger partial charge in [-0.05, 0) is 24.8 Å². The number of hydrogen-bond donors (Lipinski definition) is 1. The predicted molar refractivity (Wildman–Crippen MR) is 86.1 cm³/mol. The topological polar surface area (TPSA) is 84.7 Å². The van der Waals surface area contributed by atoms with Crippen molar-refractivity contribution in [3.63, 3.8) is 0 Å². The number of fused-ring (bicyclic) bond motifs is 1. The van der Waals surface area contributed by atoms with Gasteiger partial charge < -0.3 is 5.73 Å². The smallest absolute Gasteiger partial charge is 0.275 e. The fourth-order valence-corrected chi connectivity index (χ4v) is 3.02. The van der Waals surface area contributed by atoms with E-state index in [1.54, 1.807) is 22.9 Å². The molecule has 3 rings (SSSR count). The Morgan fingerprint density at radius 1 is 1.41 bits per heavy atom. The number of carbonyl (C=O) groups is 1. The molecule has 1 amide bonds. The summed E-state index contributed by atoms with van der Waals surface area (Å²) in [7, 11) is 0. The lowest BCUT2D eigenvalue weighted by Gasteiger charge is -2.15. The number of halogens is 2. The van der Waals surface area contributed by atoms with E-state index in [-0.39, 0.29) is 6.71 Å². The lowest BCUT2D eigenvalue weighted by Crippen LogP contribution is -2.28. The van der Waals surface area contributed by atoms with Crippen LogP contribution in [0.5, 0.6) is 0 Å². The molecule has 0 fully saturated rings. The van der Waals surface area contributed by atoms with E-state index in [1.807, 2.05) is 0 Å². The Kier molecular flexibility index (Phi) is 3.86. The first kappa shape index (κ1) is 15.0. The van der Waals surface area contributed by atoms with Crippen molar-refractivity contribution in [1.29, 1.82) is 5.26 Å². The van der Waals surface area contributed by atoms with Gasteiger partial charge in [-0.3, -0.25) is 9.48 Å². The molecule has 2 aromatic rings. The molecule has 5 nitrogen and oxygen atoms in total. The number of aromatic nitrogens is 2. The molecule has 0 saturated carbocycles. The molecule has 0 bridgehead atoms. The van der Waals surface area contributed by atoms with Crippen LogP contribution >= 0.6 is 23.2 Å². The minimum absolute atomic E-state index is 0.121. The molecule has 2 N–H and O–H groups in total. The number of hydrogen-bond acceptors (Lipinski definition) is 3. The number of benzene rings is 1. The van der Waals surface area contributed by atoms with Gasteiger partial charge in [0.05, 0.1) is 15.6 Å². The molecule has 0 unspecified atom stereocenters. The Bertz CT molecular complexity index is 812. The Morgan fingerprint density at radius 3 is 2.82 bits per heavy atom. The van der Waals surface area contributed by atoms with Gasteiger partial charge in [-0.25, -0.2) is 5.26 Å².